The zero-order valence-corrected chi connectivity index (χ0v) is 19.3. The van der Waals surface area contributed by atoms with Gasteiger partial charge in [0.15, 0.2) is 11.7 Å². The predicted molar refractivity (Wildman–Crippen MR) is 136 cm³/mol. The van der Waals surface area contributed by atoms with Crippen LogP contribution in [0.5, 0.6) is 5.75 Å². The molecule has 3 aromatic carbocycles. The topological polar surface area (TPSA) is 147 Å². The minimum atomic E-state index is -0.702. The minimum Gasteiger partial charge on any atom is -0.483 e. The highest BCUT2D eigenvalue weighted by Crippen LogP contribution is 2.27. The summed E-state index contributed by atoms with van der Waals surface area (Å²) in [6, 6.07) is 18.4. The molecule has 0 fully saturated rings. The van der Waals surface area contributed by atoms with E-state index < -0.39 is 23.3 Å². The van der Waals surface area contributed by atoms with Crippen molar-refractivity contribution >= 4 is 56.5 Å². The Morgan fingerprint density at radius 1 is 1.11 bits per heavy atom. The maximum Gasteiger partial charge on any atom is 0.270 e. The molecule has 0 aliphatic carbocycles. The van der Waals surface area contributed by atoms with Gasteiger partial charge in [0.05, 0.1) is 4.92 Å². The van der Waals surface area contributed by atoms with E-state index in [1.807, 2.05) is 36.4 Å². The number of nitriles is 1. The second-order valence-electron chi connectivity index (χ2n) is 7.34. The molecule has 1 heterocycles. The number of non-ortho nitro benzene ring substituents is 1. The van der Waals surface area contributed by atoms with Crippen LogP contribution in [0.4, 0.5) is 16.5 Å². The predicted octanol–water partition coefficient (Wildman–Crippen LogP) is 4.77. The van der Waals surface area contributed by atoms with Gasteiger partial charge in [-0.15, -0.1) is 11.3 Å². The van der Waals surface area contributed by atoms with Gasteiger partial charge in [0, 0.05) is 35.0 Å². The monoisotopic (exact) mass is 499 g/mol. The molecule has 1 aromatic heterocycles. The Morgan fingerprint density at radius 2 is 1.92 bits per heavy atom. The van der Waals surface area contributed by atoms with Gasteiger partial charge >= 0.3 is 0 Å². The number of anilines is 2. The van der Waals surface area contributed by atoms with Crippen molar-refractivity contribution in [2.75, 3.05) is 17.2 Å². The van der Waals surface area contributed by atoms with Crippen molar-refractivity contribution in [1.29, 1.82) is 5.26 Å². The van der Waals surface area contributed by atoms with Crippen molar-refractivity contribution in [2.45, 2.75) is 0 Å². The number of thiazole rings is 1. The summed E-state index contributed by atoms with van der Waals surface area (Å²) in [4.78, 5) is 39.6. The van der Waals surface area contributed by atoms with Crippen molar-refractivity contribution in [2.24, 2.45) is 0 Å². The summed E-state index contributed by atoms with van der Waals surface area (Å²) in [5, 5.41) is 30.1. The first-order chi connectivity index (χ1) is 17.4. The van der Waals surface area contributed by atoms with Gasteiger partial charge in [0.2, 0.25) is 0 Å². The molecule has 4 aromatic rings. The lowest BCUT2D eigenvalue weighted by Crippen LogP contribution is -2.20. The number of hydrogen-bond acceptors (Lipinski definition) is 8. The summed E-state index contributed by atoms with van der Waals surface area (Å²) in [5.41, 5.74) is -0.000471. The summed E-state index contributed by atoms with van der Waals surface area (Å²) in [5.74, 6) is -1.11. The second kappa shape index (κ2) is 10.9. The molecule has 0 aliphatic heterocycles. The van der Waals surface area contributed by atoms with Crippen LogP contribution in [-0.2, 0) is 9.59 Å². The minimum absolute atomic E-state index is 0.0844. The third-order valence-electron chi connectivity index (χ3n) is 4.91. The third kappa shape index (κ3) is 5.88. The van der Waals surface area contributed by atoms with E-state index in [9.17, 15) is 25.0 Å². The van der Waals surface area contributed by atoms with E-state index in [0.29, 0.717) is 10.8 Å². The Balaban J connectivity index is 1.56. The lowest BCUT2D eigenvalue weighted by Gasteiger charge is -2.10. The summed E-state index contributed by atoms with van der Waals surface area (Å²) in [7, 11) is 0. The number of nitrogens with zero attached hydrogens (tertiary/aromatic N) is 3. The zero-order valence-electron chi connectivity index (χ0n) is 18.5. The Labute approximate surface area is 208 Å². The number of carbonyl (C=O) groups is 2. The number of fused-ring (bicyclic) bond motifs is 1. The summed E-state index contributed by atoms with van der Waals surface area (Å²) in [6.07, 6.45) is 2.71. The Bertz CT molecular complexity index is 1530. The fourth-order valence-electron chi connectivity index (χ4n) is 3.25. The molecule has 0 bridgehead atoms. The average molecular weight is 500 g/mol. The van der Waals surface area contributed by atoms with E-state index >= 15 is 0 Å². The standard InChI is InChI=1S/C25H17N5O5S/c26-14-19(24(32)28-20-6-5-16-3-1-2-4-17(16)12-20)11-18-13-21(30(33)34)7-8-22(18)35-15-23(31)29-25-27-9-10-36-25/h1-13H,15H2,(H,28,32)(H,27,29,31)/b19-11+. The maximum atomic E-state index is 12.8. The largest absolute Gasteiger partial charge is 0.483 e. The molecule has 10 nitrogen and oxygen atoms in total. The maximum absolute atomic E-state index is 12.8. The molecule has 178 valence electrons. The lowest BCUT2D eigenvalue weighted by molar-refractivity contribution is -0.384. The molecular weight excluding hydrogens is 482 g/mol. The highest BCUT2D eigenvalue weighted by molar-refractivity contribution is 7.13. The molecule has 0 radical (unpaired) electrons. The zero-order chi connectivity index (χ0) is 25.5. The molecule has 0 saturated carbocycles. The van der Waals surface area contributed by atoms with Gasteiger partial charge in [-0.05, 0) is 35.0 Å². The molecule has 0 saturated heterocycles. The van der Waals surface area contributed by atoms with Gasteiger partial charge < -0.3 is 10.1 Å². The van der Waals surface area contributed by atoms with Crippen LogP contribution in [0.1, 0.15) is 5.56 Å². The number of rotatable bonds is 8. The van der Waals surface area contributed by atoms with Crippen molar-refractivity contribution in [1.82, 2.24) is 4.98 Å². The van der Waals surface area contributed by atoms with Gasteiger partial charge in [0.1, 0.15) is 17.4 Å². The molecule has 0 spiro atoms. The van der Waals surface area contributed by atoms with E-state index in [1.165, 1.54) is 35.7 Å². The first kappa shape index (κ1) is 24.1. The van der Waals surface area contributed by atoms with Crippen molar-refractivity contribution in [3.8, 4) is 11.8 Å². The molecule has 0 aliphatic rings. The normalized spacial score (nSPS) is 10.9. The number of nitrogens with one attached hydrogen (secondary N) is 2. The number of benzene rings is 3. The Kier molecular flexibility index (Phi) is 7.28. The fraction of sp³-hybridized carbons (Fsp3) is 0.0400. The van der Waals surface area contributed by atoms with Crippen LogP contribution < -0.4 is 15.4 Å². The summed E-state index contributed by atoms with van der Waals surface area (Å²) >= 11 is 1.23. The van der Waals surface area contributed by atoms with Crippen LogP contribution >= 0.6 is 11.3 Å². The van der Waals surface area contributed by atoms with E-state index in [2.05, 4.69) is 15.6 Å². The first-order valence-electron chi connectivity index (χ1n) is 10.5. The van der Waals surface area contributed by atoms with Crippen LogP contribution in [0.25, 0.3) is 16.8 Å². The van der Waals surface area contributed by atoms with Gasteiger partial charge in [-0.25, -0.2) is 4.98 Å². The van der Waals surface area contributed by atoms with Gasteiger partial charge in [-0.2, -0.15) is 5.26 Å². The number of amides is 2. The highest BCUT2D eigenvalue weighted by atomic mass is 32.1. The van der Waals surface area contributed by atoms with Gasteiger partial charge in [-0.1, -0.05) is 30.3 Å². The van der Waals surface area contributed by atoms with Gasteiger partial charge in [-0.3, -0.25) is 25.0 Å². The number of aromatic nitrogens is 1. The number of carbonyl (C=O) groups excluding carboxylic acids is 2. The number of ether oxygens (including phenoxy) is 1. The molecule has 2 amide bonds. The van der Waals surface area contributed by atoms with E-state index in [4.69, 9.17) is 4.74 Å². The molecule has 4 rings (SSSR count). The number of nitro groups is 1. The molecule has 0 unspecified atom stereocenters. The third-order valence-corrected chi connectivity index (χ3v) is 5.60. The van der Waals surface area contributed by atoms with E-state index in [1.54, 1.807) is 17.5 Å². The van der Waals surface area contributed by atoms with E-state index in [0.717, 1.165) is 16.8 Å². The summed E-state index contributed by atoms with van der Waals surface area (Å²) in [6.45, 7) is -0.413. The fourth-order valence-corrected chi connectivity index (χ4v) is 3.79. The van der Waals surface area contributed by atoms with Crippen LogP contribution in [0.3, 0.4) is 0 Å². The van der Waals surface area contributed by atoms with Crippen molar-refractivity contribution in [3.63, 3.8) is 0 Å². The molecule has 0 atom stereocenters. The van der Waals surface area contributed by atoms with Crippen LogP contribution in [0.15, 0.2) is 77.8 Å². The molecule has 11 heteroatoms. The lowest BCUT2D eigenvalue weighted by atomic mass is 10.1. The van der Waals surface area contributed by atoms with Crippen molar-refractivity contribution < 1.29 is 19.2 Å². The van der Waals surface area contributed by atoms with Crippen molar-refractivity contribution in [3.05, 3.63) is 93.5 Å². The smallest absolute Gasteiger partial charge is 0.270 e. The van der Waals surface area contributed by atoms with E-state index in [-0.39, 0.29) is 22.6 Å². The quantitative estimate of drug-likeness (QED) is 0.154. The number of nitro benzene ring substituents is 1. The average Bonchev–Trinajstić information content (AvgIpc) is 3.39. The van der Waals surface area contributed by atoms with Crippen LogP contribution in [0, 0.1) is 21.4 Å². The first-order valence-corrected chi connectivity index (χ1v) is 11.3. The Hall–Kier alpha value is -5.08. The van der Waals surface area contributed by atoms with Crippen LogP contribution in [0.2, 0.25) is 0 Å². The molecular formula is C25H17N5O5S. The Morgan fingerprint density at radius 3 is 2.64 bits per heavy atom. The number of hydrogen-bond donors (Lipinski definition) is 2. The SMILES string of the molecule is N#C/C(=C\c1cc([N+](=O)[O-])ccc1OCC(=O)Nc1nccs1)C(=O)Nc1ccc2ccccc2c1. The molecule has 36 heavy (non-hydrogen) atoms. The van der Waals surface area contributed by atoms with Crippen LogP contribution in [-0.4, -0.2) is 28.3 Å². The summed E-state index contributed by atoms with van der Waals surface area (Å²) < 4.78 is 5.53. The molecule has 2 N–H and O–H groups in total. The second-order valence-corrected chi connectivity index (χ2v) is 8.23. The highest BCUT2D eigenvalue weighted by Gasteiger charge is 2.16. The van der Waals surface area contributed by atoms with Gasteiger partial charge in [0.25, 0.3) is 17.5 Å².